The zero-order chi connectivity index (χ0) is 13.3. The van der Waals surface area contributed by atoms with Crippen molar-refractivity contribution in [2.75, 3.05) is 11.5 Å². The number of hydrogen-bond donors (Lipinski definition) is 1. The van der Waals surface area contributed by atoms with Crippen molar-refractivity contribution in [3.63, 3.8) is 0 Å². The van der Waals surface area contributed by atoms with Crippen molar-refractivity contribution in [1.82, 2.24) is 0 Å². The Bertz CT molecular complexity index is 509. The second kappa shape index (κ2) is 4.56. The second-order valence-corrected chi connectivity index (χ2v) is 5.94. The minimum atomic E-state index is -4.60. The van der Waals surface area contributed by atoms with Crippen LogP contribution in [0.15, 0.2) is 18.2 Å². The fourth-order valence-electron chi connectivity index (χ4n) is 1.32. The van der Waals surface area contributed by atoms with E-state index < -0.39 is 27.3 Å². The summed E-state index contributed by atoms with van der Waals surface area (Å²) < 4.78 is 60.6. The Balaban J connectivity index is 3.26. The number of nitrogen functional groups attached to an aromatic ring is 1. The average Bonchev–Trinajstić information content (AvgIpc) is 2.19. The van der Waals surface area contributed by atoms with Crippen molar-refractivity contribution in [3.05, 3.63) is 29.3 Å². The molecule has 0 spiro atoms. The third kappa shape index (κ3) is 3.62. The van der Waals surface area contributed by atoms with Gasteiger partial charge in [0.1, 0.15) is 0 Å². The molecule has 0 unspecified atom stereocenters. The van der Waals surface area contributed by atoms with Crippen LogP contribution < -0.4 is 5.73 Å². The fourth-order valence-corrected chi connectivity index (χ4v) is 2.25. The summed E-state index contributed by atoms with van der Waals surface area (Å²) in [5.74, 6) is -0.826. The lowest BCUT2D eigenvalue weighted by Gasteiger charge is -2.13. The number of nitrogens with two attached hydrogens (primary N) is 1. The molecule has 0 aliphatic carbocycles. The van der Waals surface area contributed by atoms with Gasteiger partial charge in [0.15, 0.2) is 9.84 Å². The Morgan fingerprint density at radius 2 is 1.88 bits per heavy atom. The molecule has 1 rings (SSSR count). The van der Waals surface area contributed by atoms with E-state index in [0.29, 0.717) is 0 Å². The molecule has 0 saturated heterocycles. The van der Waals surface area contributed by atoms with E-state index in [0.717, 1.165) is 12.1 Å². The zero-order valence-corrected chi connectivity index (χ0v) is 9.90. The van der Waals surface area contributed by atoms with Gasteiger partial charge in [0.2, 0.25) is 0 Å². The van der Waals surface area contributed by atoms with Crippen LogP contribution in [0.2, 0.25) is 0 Å². The molecule has 3 nitrogen and oxygen atoms in total. The quantitative estimate of drug-likeness (QED) is 0.854. The van der Waals surface area contributed by atoms with E-state index in [1.54, 1.807) is 0 Å². The molecule has 0 aliphatic heterocycles. The minimum Gasteiger partial charge on any atom is -0.399 e. The number of sulfone groups is 1. The topological polar surface area (TPSA) is 60.2 Å². The van der Waals surface area contributed by atoms with E-state index in [2.05, 4.69) is 0 Å². The molecule has 7 heteroatoms. The first-order valence-electron chi connectivity index (χ1n) is 4.81. The highest BCUT2D eigenvalue weighted by molar-refractivity contribution is 7.90. The summed E-state index contributed by atoms with van der Waals surface area (Å²) in [5.41, 5.74) is 3.96. The number of benzene rings is 1. The summed E-state index contributed by atoms with van der Waals surface area (Å²) in [6.07, 6.45) is -4.60. The van der Waals surface area contributed by atoms with Crippen LogP contribution in [-0.2, 0) is 21.8 Å². The normalized spacial score (nSPS) is 12.7. The molecular weight excluding hydrogens is 255 g/mol. The SMILES string of the molecule is CCS(=O)(=O)Cc1ccc(N)cc1C(F)(F)F. The third-order valence-corrected chi connectivity index (χ3v) is 3.89. The van der Waals surface area contributed by atoms with Gasteiger partial charge in [-0.05, 0) is 17.7 Å². The van der Waals surface area contributed by atoms with Crippen LogP contribution in [0.5, 0.6) is 0 Å². The predicted molar refractivity (Wildman–Crippen MR) is 59.0 cm³/mol. The summed E-state index contributed by atoms with van der Waals surface area (Å²) in [7, 11) is -3.51. The molecule has 0 amide bonds. The summed E-state index contributed by atoms with van der Waals surface area (Å²) in [5, 5.41) is 0. The van der Waals surface area contributed by atoms with Crippen LogP contribution in [0.3, 0.4) is 0 Å². The first-order valence-corrected chi connectivity index (χ1v) is 6.64. The smallest absolute Gasteiger partial charge is 0.399 e. The van der Waals surface area contributed by atoms with Crippen LogP contribution in [0.25, 0.3) is 0 Å². The molecule has 0 heterocycles. The third-order valence-electron chi connectivity index (χ3n) is 2.25. The molecule has 1 aromatic rings. The largest absolute Gasteiger partial charge is 0.416 e. The molecule has 0 aromatic heterocycles. The number of hydrogen-bond acceptors (Lipinski definition) is 3. The maximum absolute atomic E-state index is 12.7. The molecule has 0 aliphatic rings. The van der Waals surface area contributed by atoms with E-state index in [9.17, 15) is 21.6 Å². The van der Waals surface area contributed by atoms with Gasteiger partial charge in [0.25, 0.3) is 0 Å². The lowest BCUT2D eigenvalue weighted by Crippen LogP contribution is -2.14. The summed E-state index contributed by atoms with van der Waals surface area (Å²) in [6, 6.07) is 3.11. The summed E-state index contributed by atoms with van der Waals surface area (Å²) in [6.45, 7) is 1.39. The standard InChI is InChI=1S/C10H12F3NO2S/c1-2-17(15,16)6-7-3-4-8(14)5-9(7)10(11,12)13/h3-5H,2,6,14H2,1H3. The lowest BCUT2D eigenvalue weighted by atomic mass is 10.1. The highest BCUT2D eigenvalue weighted by Gasteiger charge is 2.34. The van der Waals surface area contributed by atoms with Gasteiger partial charge in [-0.15, -0.1) is 0 Å². The van der Waals surface area contributed by atoms with Gasteiger partial charge in [-0.1, -0.05) is 13.0 Å². The van der Waals surface area contributed by atoms with Crippen molar-refractivity contribution < 1.29 is 21.6 Å². The number of halogens is 3. The van der Waals surface area contributed by atoms with Gasteiger partial charge in [0, 0.05) is 11.4 Å². The van der Waals surface area contributed by atoms with E-state index in [4.69, 9.17) is 5.73 Å². The second-order valence-electron chi connectivity index (χ2n) is 3.59. The predicted octanol–water partition coefficient (Wildman–Crippen LogP) is 2.22. The maximum atomic E-state index is 12.7. The van der Waals surface area contributed by atoms with Crippen molar-refractivity contribution in [2.24, 2.45) is 0 Å². The van der Waals surface area contributed by atoms with E-state index in [-0.39, 0.29) is 17.0 Å². The molecule has 1 aromatic carbocycles. The Labute approximate surface area is 97.4 Å². The molecule has 0 radical (unpaired) electrons. The molecule has 0 saturated carbocycles. The van der Waals surface area contributed by atoms with Crippen LogP contribution in [-0.4, -0.2) is 14.2 Å². The molecule has 2 N–H and O–H groups in total. The lowest BCUT2D eigenvalue weighted by molar-refractivity contribution is -0.138. The zero-order valence-electron chi connectivity index (χ0n) is 9.08. The van der Waals surface area contributed by atoms with Gasteiger partial charge in [0.05, 0.1) is 11.3 Å². The monoisotopic (exact) mass is 267 g/mol. The highest BCUT2D eigenvalue weighted by Crippen LogP contribution is 2.34. The summed E-state index contributed by atoms with van der Waals surface area (Å²) >= 11 is 0. The Morgan fingerprint density at radius 1 is 1.29 bits per heavy atom. The Kier molecular flexibility index (Phi) is 3.71. The summed E-state index contributed by atoms with van der Waals surface area (Å²) in [4.78, 5) is 0. The minimum absolute atomic E-state index is 0.0463. The molecule has 96 valence electrons. The van der Waals surface area contributed by atoms with Gasteiger partial charge in [-0.2, -0.15) is 13.2 Å². The molecular formula is C10H12F3NO2S. The van der Waals surface area contributed by atoms with Crippen molar-refractivity contribution >= 4 is 15.5 Å². The van der Waals surface area contributed by atoms with Gasteiger partial charge in [-0.25, -0.2) is 8.42 Å². The van der Waals surface area contributed by atoms with E-state index >= 15 is 0 Å². The molecule has 17 heavy (non-hydrogen) atoms. The van der Waals surface area contributed by atoms with E-state index in [1.165, 1.54) is 13.0 Å². The van der Waals surface area contributed by atoms with Crippen LogP contribution in [0.1, 0.15) is 18.1 Å². The Hall–Kier alpha value is -1.24. The Morgan fingerprint density at radius 3 is 2.35 bits per heavy atom. The van der Waals surface area contributed by atoms with Gasteiger partial charge in [-0.3, -0.25) is 0 Å². The van der Waals surface area contributed by atoms with Crippen molar-refractivity contribution in [1.29, 1.82) is 0 Å². The number of alkyl halides is 3. The van der Waals surface area contributed by atoms with Crippen molar-refractivity contribution in [2.45, 2.75) is 18.9 Å². The van der Waals surface area contributed by atoms with E-state index in [1.807, 2.05) is 0 Å². The number of rotatable bonds is 3. The average molecular weight is 267 g/mol. The van der Waals surface area contributed by atoms with Crippen LogP contribution in [0.4, 0.5) is 18.9 Å². The number of anilines is 1. The highest BCUT2D eigenvalue weighted by atomic mass is 32.2. The maximum Gasteiger partial charge on any atom is 0.416 e. The molecule has 0 bridgehead atoms. The van der Waals surface area contributed by atoms with Crippen LogP contribution in [0, 0.1) is 0 Å². The first-order chi connectivity index (χ1) is 7.65. The van der Waals surface area contributed by atoms with Gasteiger partial charge >= 0.3 is 6.18 Å². The molecule has 0 atom stereocenters. The molecule has 0 fully saturated rings. The fraction of sp³-hybridized carbons (Fsp3) is 0.400. The van der Waals surface area contributed by atoms with Gasteiger partial charge < -0.3 is 5.73 Å². The van der Waals surface area contributed by atoms with Crippen molar-refractivity contribution in [3.8, 4) is 0 Å². The first kappa shape index (κ1) is 13.8. The van der Waals surface area contributed by atoms with Crippen LogP contribution >= 0.6 is 0 Å².